The molecule has 0 amide bonds. The van der Waals surface area contributed by atoms with Gasteiger partial charge in [-0.1, -0.05) is 37.3 Å². The van der Waals surface area contributed by atoms with Crippen LogP contribution >= 0.6 is 0 Å². The van der Waals surface area contributed by atoms with Crippen molar-refractivity contribution in [3.8, 4) is 0 Å². The van der Waals surface area contributed by atoms with Crippen molar-refractivity contribution in [2.45, 2.75) is 32.5 Å². The van der Waals surface area contributed by atoms with Crippen LogP contribution in [0.15, 0.2) is 30.3 Å². The molecule has 0 aromatic heterocycles. The summed E-state index contributed by atoms with van der Waals surface area (Å²) in [4.78, 5) is 0. The van der Waals surface area contributed by atoms with Crippen molar-refractivity contribution < 1.29 is 9.84 Å². The third-order valence-corrected chi connectivity index (χ3v) is 2.18. The summed E-state index contributed by atoms with van der Waals surface area (Å²) in [6.07, 6.45) is 1.31. The Kier molecular flexibility index (Phi) is 5.27. The standard InChI is InChI=1S/C12H18O2/c1-2-12(13)8-9-14-10-11-6-4-3-5-7-11/h3-7,12-13H,2,8-10H2,1H3. The zero-order valence-corrected chi connectivity index (χ0v) is 8.65. The molecule has 0 aliphatic carbocycles. The molecule has 0 radical (unpaired) electrons. The molecule has 0 bridgehead atoms. The van der Waals surface area contributed by atoms with Gasteiger partial charge in [0.2, 0.25) is 0 Å². The van der Waals surface area contributed by atoms with E-state index in [9.17, 15) is 5.11 Å². The fraction of sp³-hybridized carbons (Fsp3) is 0.500. The lowest BCUT2D eigenvalue weighted by atomic mass is 10.2. The van der Waals surface area contributed by atoms with Crippen molar-refractivity contribution >= 4 is 0 Å². The average molecular weight is 194 g/mol. The number of aliphatic hydroxyl groups is 1. The van der Waals surface area contributed by atoms with Crippen molar-refractivity contribution in [2.75, 3.05) is 6.61 Å². The van der Waals surface area contributed by atoms with Crippen LogP contribution in [0.3, 0.4) is 0 Å². The van der Waals surface area contributed by atoms with Crippen LogP contribution < -0.4 is 0 Å². The molecule has 0 fully saturated rings. The third kappa shape index (κ3) is 4.40. The predicted octanol–water partition coefficient (Wildman–Crippen LogP) is 2.36. The monoisotopic (exact) mass is 194 g/mol. The lowest BCUT2D eigenvalue weighted by Gasteiger charge is -2.07. The molecule has 0 aliphatic rings. The molecule has 0 saturated heterocycles. The minimum atomic E-state index is -0.217. The first kappa shape index (κ1) is 11.2. The SMILES string of the molecule is CCC(O)CCOCc1ccccc1. The van der Waals surface area contributed by atoms with Gasteiger partial charge in [0.15, 0.2) is 0 Å². The van der Waals surface area contributed by atoms with Gasteiger partial charge in [0.25, 0.3) is 0 Å². The highest BCUT2D eigenvalue weighted by molar-refractivity contribution is 5.13. The van der Waals surface area contributed by atoms with Gasteiger partial charge < -0.3 is 9.84 Å². The number of rotatable bonds is 6. The van der Waals surface area contributed by atoms with E-state index in [1.807, 2.05) is 37.3 Å². The molecule has 1 aromatic rings. The summed E-state index contributed by atoms with van der Waals surface area (Å²) in [6.45, 7) is 3.24. The summed E-state index contributed by atoms with van der Waals surface area (Å²) in [5, 5.41) is 9.28. The van der Waals surface area contributed by atoms with Crippen molar-refractivity contribution in [3.63, 3.8) is 0 Å². The first-order valence-electron chi connectivity index (χ1n) is 5.12. The Morgan fingerprint density at radius 3 is 2.64 bits per heavy atom. The summed E-state index contributed by atoms with van der Waals surface area (Å²) in [6, 6.07) is 10.1. The maximum atomic E-state index is 9.28. The second kappa shape index (κ2) is 6.57. The molecule has 14 heavy (non-hydrogen) atoms. The minimum absolute atomic E-state index is 0.217. The smallest absolute Gasteiger partial charge is 0.0716 e. The highest BCUT2D eigenvalue weighted by Gasteiger charge is 1.99. The van der Waals surface area contributed by atoms with Gasteiger partial charge in [-0.15, -0.1) is 0 Å². The number of hydrogen-bond donors (Lipinski definition) is 1. The van der Waals surface area contributed by atoms with Crippen molar-refractivity contribution in [3.05, 3.63) is 35.9 Å². The molecule has 0 saturated carbocycles. The predicted molar refractivity (Wildman–Crippen MR) is 57.0 cm³/mol. The maximum absolute atomic E-state index is 9.28. The van der Waals surface area contributed by atoms with Crippen LogP contribution in [0.1, 0.15) is 25.3 Å². The molecular formula is C12H18O2. The molecular weight excluding hydrogens is 176 g/mol. The number of ether oxygens (including phenoxy) is 1. The van der Waals surface area contributed by atoms with Crippen molar-refractivity contribution in [1.29, 1.82) is 0 Å². The van der Waals surface area contributed by atoms with E-state index in [1.54, 1.807) is 0 Å². The van der Waals surface area contributed by atoms with Gasteiger partial charge in [-0.2, -0.15) is 0 Å². The van der Waals surface area contributed by atoms with Gasteiger partial charge in [0.1, 0.15) is 0 Å². The number of benzene rings is 1. The molecule has 0 aliphatic heterocycles. The molecule has 1 aromatic carbocycles. The first-order valence-corrected chi connectivity index (χ1v) is 5.12. The van der Waals surface area contributed by atoms with Crippen LogP contribution in [-0.4, -0.2) is 17.8 Å². The Balaban J connectivity index is 2.10. The molecule has 1 N–H and O–H groups in total. The fourth-order valence-electron chi connectivity index (χ4n) is 1.19. The maximum Gasteiger partial charge on any atom is 0.0716 e. The molecule has 2 heteroatoms. The highest BCUT2D eigenvalue weighted by Crippen LogP contribution is 2.02. The summed E-state index contributed by atoms with van der Waals surface area (Å²) in [5.41, 5.74) is 1.18. The second-order valence-corrected chi connectivity index (χ2v) is 3.39. The van der Waals surface area contributed by atoms with E-state index < -0.39 is 0 Å². The lowest BCUT2D eigenvalue weighted by Crippen LogP contribution is -2.08. The van der Waals surface area contributed by atoms with E-state index >= 15 is 0 Å². The normalized spacial score (nSPS) is 12.7. The molecule has 1 rings (SSSR count). The van der Waals surface area contributed by atoms with Crippen LogP contribution in [0, 0.1) is 0 Å². The van der Waals surface area contributed by atoms with Crippen LogP contribution in [-0.2, 0) is 11.3 Å². The lowest BCUT2D eigenvalue weighted by molar-refractivity contribution is 0.0720. The molecule has 78 valence electrons. The number of hydrogen-bond acceptors (Lipinski definition) is 2. The molecule has 2 nitrogen and oxygen atoms in total. The zero-order valence-electron chi connectivity index (χ0n) is 8.65. The number of aliphatic hydroxyl groups excluding tert-OH is 1. The Labute approximate surface area is 85.5 Å². The van der Waals surface area contributed by atoms with Gasteiger partial charge in [0, 0.05) is 6.61 Å². The van der Waals surface area contributed by atoms with E-state index in [0.717, 1.165) is 12.8 Å². The molecule has 0 heterocycles. The van der Waals surface area contributed by atoms with Crippen LogP contribution in [0.25, 0.3) is 0 Å². The summed E-state index contributed by atoms with van der Waals surface area (Å²) < 4.78 is 5.43. The summed E-state index contributed by atoms with van der Waals surface area (Å²) >= 11 is 0. The third-order valence-electron chi connectivity index (χ3n) is 2.18. The Hall–Kier alpha value is -0.860. The van der Waals surface area contributed by atoms with Gasteiger partial charge in [0.05, 0.1) is 12.7 Å². The second-order valence-electron chi connectivity index (χ2n) is 3.39. The molecule has 1 atom stereocenters. The van der Waals surface area contributed by atoms with Crippen LogP contribution in [0.5, 0.6) is 0 Å². The molecule has 1 unspecified atom stereocenters. The Morgan fingerprint density at radius 1 is 1.29 bits per heavy atom. The first-order chi connectivity index (χ1) is 6.83. The quantitative estimate of drug-likeness (QED) is 0.704. The topological polar surface area (TPSA) is 29.5 Å². The minimum Gasteiger partial charge on any atom is -0.393 e. The van der Waals surface area contributed by atoms with Crippen LogP contribution in [0.4, 0.5) is 0 Å². The van der Waals surface area contributed by atoms with E-state index in [0.29, 0.717) is 13.2 Å². The van der Waals surface area contributed by atoms with Crippen molar-refractivity contribution in [2.24, 2.45) is 0 Å². The zero-order chi connectivity index (χ0) is 10.2. The van der Waals surface area contributed by atoms with Crippen molar-refractivity contribution in [1.82, 2.24) is 0 Å². The van der Waals surface area contributed by atoms with Gasteiger partial charge >= 0.3 is 0 Å². The fourth-order valence-corrected chi connectivity index (χ4v) is 1.19. The van der Waals surface area contributed by atoms with Gasteiger partial charge in [-0.25, -0.2) is 0 Å². The summed E-state index contributed by atoms with van der Waals surface area (Å²) in [7, 11) is 0. The van der Waals surface area contributed by atoms with E-state index in [4.69, 9.17) is 4.74 Å². The largest absolute Gasteiger partial charge is 0.393 e. The Morgan fingerprint density at radius 2 is 2.00 bits per heavy atom. The highest BCUT2D eigenvalue weighted by atomic mass is 16.5. The van der Waals surface area contributed by atoms with Gasteiger partial charge in [-0.05, 0) is 18.4 Å². The van der Waals surface area contributed by atoms with Crippen LogP contribution in [0.2, 0.25) is 0 Å². The van der Waals surface area contributed by atoms with E-state index in [-0.39, 0.29) is 6.10 Å². The van der Waals surface area contributed by atoms with E-state index in [2.05, 4.69) is 0 Å². The molecule has 0 spiro atoms. The van der Waals surface area contributed by atoms with E-state index in [1.165, 1.54) is 5.56 Å². The Bertz CT molecular complexity index is 233. The summed E-state index contributed by atoms with van der Waals surface area (Å²) in [5.74, 6) is 0. The average Bonchev–Trinajstić information content (AvgIpc) is 2.25. The van der Waals surface area contributed by atoms with Gasteiger partial charge in [-0.3, -0.25) is 0 Å².